The first-order valence-electron chi connectivity index (χ1n) is 5.54. The molecule has 1 rings (SSSR count). The molecular weight excluding hydrogens is 194 g/mol. The smallest absolute Gasteiger partial charge is 0.324 e. The Hall–Kier alpha value is -0.610. The number of hydrogen-bond acceptors (Lipinski definition) is 3. The summed E-state index contributed by atoms with van der Waals surface area (Å²) in [5, 5.41) is 12.5. The Morgan fingerprint density at radius 1 is 1.53 bits per heavy atom. The van der Waals surface area contributed by atoms with Crippen molar-refractivity contribution >= 4 is 5.97 Å². The maximum atomic E-state index is 11.4. The molecule has 1 fully saturated rings. The number of carboxylic acid groups (broad SMARTS) is 1. The minimum Gasteiger partial charge on any atom is -0.480 e. The topological polar surface area (TPSA) is 58.6 Å². The highest BCUT2D eigenvalue weighted by atomic mass is 16.5. The lowest BCUT2D eigenvalue weighted by Crippen LogP contribution is -2.59. The molecule has 0 amide bonds. The average Bonchev–Trinajstić information content (AvgIpc) is 2.13. The van der Waals surface area contributed by atoms with Gasteiger partial charge in [-0.1, -0.05) is 6.92 Å². The first-order valence-corrected chi connectivity index (χ1v) is 5.54. The van der Waals surface area contributed by atoms with E-state index in [-0.39, 0.29) is 5.60 Å². The van der Waals surface area contributed by atoms with Crippen LogP contribution in [0.4, 0.5) is 0 Å². The molecule has 1 aliphatic rings. The third-order valence-corrected chi connectivity index (χ3v) is 2.87. The second-order valence-corrected chi connectivity index (χ2v) is 4.85. The number of hydrogen-bond donors (Lipinski definition) is 2. The molecule has 1 unspecified atom stereocenters. The summed E-state index contributed by atoms with van der Waals surface area (Å²) in [4.78, 5) is 11.4. The van der Waals surface area contributed by atoms with Crippen molar-refractivity contribution in [2.24, 2.45) is 0 Å². The molecule has 4 nitrogen and oxygen atoms in total. The lowest BCUT2D eigenvalue weighted by atomic mass is 9.81. The summed E-state index contributed by atoms with van der Waals surface area (Å²) in [7, 11) is 0. The van der Waals surface area contributed by atoms with Crippen LogP contribution in [0.15, 0.2) is 0 Å². The molecule has 2 N–H and O–H groups in total. The largest absolute Gasteiger partial charge is 0.480 e. The van der Waals surface area contributed by atoms with E-state index < -0.39 is 11.5 Å². The van der Waals surface area contributed by atoms with Crippen LogP contribution in [-0.2, 0) is 9.53 Å². The molecule has 0 aromatic heterocycles. The van der Waals surface area contributed by atoms with Crippen LogP contribution >= 0.6 is 0 Å². The van der Waals surface area contributed by atoms with E-state index in [9.17, 15) is 9.90 Å². The van der Waals surface area contributed by atoms with E-state index in [4.69, 9.17) is 4.74 Å². The highest BCUT2D eigenvalue weighted by molar-refractivity contribution is 5.79. The van der Waals surface area contributed by atoms with Crippen molar-refractivity contribution in [2.45, 2.75) is 51.2 Å². The molecule has 0 saturated carbocycles. The number of nitrogens with one attached hydrogen (secondary N) is 1. The van der Waals surface area contributed by atoms with Crippen LogP contribution in [0.2, 0.25) is 0 Å². The second-order valence-electron chi connectivity index (χ2n) is 4.85. The Bertz CT molecular complexity index is 240. The summed E-state index contributed by atoms with van der Waals surface area (Å²) in [6.07, 6.45) is 2.01. The van der Waals surface area contributed by atoms with Crippen molar-refractivity contribution in [3.05, 3.63) is 0 Å². The summed E-state index contributed by atoms with van der Waals surface area (Å²) in [5.41, 5.74) is -1.14. The van der Waals surface area contributed by atoms with Gasteiger partial charge in [-0.2, -0.15) is 0 Å². The van der Waals surface area contributed by atoms with Gasteiger partial charge in [-0.15, -0.1) is 0 Å². The van der Waals surface area contributed by atoms with E-state index in [1.54, 1.807) is 0 Å². The van der Waals surface area contributed by atoms with E-state index >= 15 is 0 Å². The fourth-order valence-electron chi connectivity index (χ4n) is 2.14. The van der Waals surface area contributed by atoms with Gasteiger partial charge in [-0.05, 0) is 33.2 Å². The molecule has 1 saturated heterocycles. The minimum absolute atomic E-state index is 0.350. The van der Waals surface area contributed by atoms with Gasteiger partial charge in [0.1, 0.15) is 5.54 Å². The van der Waals surface area contributed by atoms with Crippen LogP contribution in [0.1, 0.15) is 40.0 Å². The van der Waals surface area contributed by atoms with Crippen molar-refractivity contribution < 1.29 is 14.6 Å². The van der Waals surface area contributed by atoms with Crippen molar-refractivity contribution in [1.82, 2.24) is 5.32 Å². The minimum atomic E-state index is -0.794. The number of rotatable bonds is 4. The van der Waals surface area contributed by atoms with Crippen LogP contribution in [0.3, 0.4) is 0 Å². The van der Waals surface area contributed by atoms with Gasteiger partial charge in [0.25, 0.3) is 0 Å². The number of aliphatic carboxylic acids is 1. The van der Waals surface area contributed by atoms with Gasteiger partial charge < -0.3 is 15.2 Å². The number of carboxylic acids is 1. The summed E-state index contributed by atoms with van der Waals surface area (Å²) in [5.74, 6) is -0.757. The Labute approximate surface area is 91.0 Å². The molecule has 0 bridgehead atoms. The Balaban J connectivity index is 2.76. The van der Waals surface area contributed by atoms with Crippen LogP contribution in [0.25, 0.3) is 0 Å². The summed E-state index contributed by atoms with van der Waals surface area (Å²) in [6, 6.07) is 0. The molecule has 1 heterocycles. The molecule has 4 heteroatoms. The van der Waals surface area contributed by atoms with Gasteiger partial charge in [0.15, 0.2) is 0 Å². The quantitative estimate of drug-likeness (QED) is 0.744. The van der Waals surface area contributed by atoms with Crippen molar-refractivity contribution in [3.8, 4) is 0 Å². The Morgan fingerprint density at radius 2 is 2.20 bits per heavy atom. The Morgan fingerprint density at radius 3 is 2.67 bits per heavy atom. The van der Waals surface area contributed by atoms with Crippen LogP contribution in [0.5, 0.6) is 0 Å². The van der Waals surface area contributed by atoms with E-state index in [1.807, 2.05) is 20.8 Å². The molecule has 0 aromatic carbocycles. The normalized spacial score (nSPS) is 30.1. The molecule has 1 atom stereocenters. The first-order chi connectivity index (χ1) is 6.92. The molecule has 0 aliphatic carbocycles. The lowest BCUT2D eigenvalue weighted by molar-refractivity contribution is -0.158. The molecule has 15 heavy (non-hydrogen) atoms. The third kappa shape index (κ3) is 2.92. The van der Waals surface area contributed by atoms with Crippen LogP contribution < -0.4 is 5.32 Å². The fourth-order valence-corrected chi connectivity index (χ4v) is 2.14. The summed E-state index contributed by atoms with van der Waals surface area (Å²) < 4.78 is 5.55. The van der Waals surface area contributed by atoms with Gasteiger partial charge in [0, 0.05) is 13.0 Å². The van der Waals surface area contributed by atoms with Crippen LogP contribution in [0, 0.1) is 0 Å². The Kier molecular flexibility index (Phi) is 3.73. The molecular formula is C11H21NO3. The van der Waals surface area contributed by atoms with E-state index in [0.29, 0.717) is 19.4 Å². The fraction of sp³-hybridized carbons (Fsp3) is 0.909. The maximum absolute atomic E-state index is 11.4. The molecule has 1 aliphatic heterocycles. The third-order valence-electron chi connectivity index (χ3n) is 2.87. The molecule has 88 valence electrons. The summed E-state index contributed by atoms with van der Waals surface area (Å²) in [6.45, 7) is 7.17. The van der Waals surface area contributed by atoms with Crippen LogP contribution in [-0.4, -0.2) is 35.4 Å². The zero-order valence-corrected chi connectivity index (χ0v) is 9.80. The van der Waals surface area contributed by atoms with E-state index in [2.05, 4.69) is 5.32 Å². The number of carbonyl (C=O) groups is 1. The van der Waals surface area contributed by atoms with Crippen molar-refractivity contribution in [3.63, 3.8) is 0 Å². The van der Waals surface area contributed by atoms with Gasteiger partial charge >= 0.3 is 5.97 Å². The van der Waals surface area contributed by atoms with Gasteiger partial charge in [0.2, 0.25) is 0 Å². The lowest BCUT2D eigenvalue weighted by Gasteiger charge is -2.42. The van der Waals surface area contributed by atoms with Gasteiger partial charge in [0.05, 0.1) is 5.60 Å². The van der Waals surface area contributed by atoms with E-state index in [0.717, 1.165) is 13.0 Å². The molecule has 0 spiro atoms. The van der Waals surface area contributed by atoms with E-state index in [1.165, 1.54) is 0 Å². The molecule has 0 aromatic rings. The first kappa shape index (κ1) is 12.5. The average molecular weight is 215 g/mol. The SMILES string of the molecule is CCCNC1(C(=O)O)CCOC(C)(C)C1. The predicted octanol–water partition coefficient (Wildman–Crippen LogP) is 1.40. The zero-order valence-electron chi connectivity index (χ0n) is 9.80. The predicted molar refractivity (Wildman–Crippen MR) is 57.9 cm³/mol. The van der Waals surface area contributed by atoms with Crippen molar-refractivity contribution in [2.75, 3.05) is 13.2 Å². The highest BCUT2D eigenvalue weighted by Gasteiger charge is 2.46. The maximum Gasteiger partial charge on any atom is 0.324 e. The van der Waals surface area contributed by atoms with Crippen molar-refractivity contribution in [1.29, 1.82) is 0 Å². The monoisotopic (exact) mass is 215 g/mol. The second kappa shape index (κ2) is 4.49. The number of ether oxygens (including phenoxy) is 1. The van der Waals surface area contributed by atoms with Gasteiger partial charge in [-0.25, -0.2) is 0 Å². The van der Waals surface area contributed by atoms with Gasteiger partial charge in [-0.3, -0.25) is 4.79 Å². The highest BCUT2D eigenvalue weighted by Crippen LogP contribution is 2.32. The summed E-state index contributed by atoms with van der Waals surface area (Å²) >= 11 is 0. The molecule has 0 radical (unpaired) electrons. The zero-order chi connectivity index (χ0) is 11.5. The standard InChI is InChI=1S/C11H21NO3/c1-4-6-12-11(9(13)14)5-7-15-10(2,3)8-11/h12H,4-8H2,1-3H3,(H,13,14).